The zero-order valence-electron chi connectivity index (χ0n) is 10.2. The van der Waals surface area contributed by atoms with Crippen molar-refractivity contribution in [3.05, 3.63) is 29.8 Å². The van der Waals surface area contributed by atoms with Crippen molar-refractivity contribution < 1.29 is 4.79 Å². The first-order valence-electron chi connectivity index (χ1n) is 5.91. The Bertz CT molecular complexity index is 471. The second-order valence-corrected chi connectivity index (χ2v) is 4.69. The summed E-state index contributed by atoms with van der Waals surface area (Å²) >= 11 is 0. The van der Waals surface area contributed by atoms with Gasteiger partial charge in [-0.05, 0) is 37.0 Å². The molecule has 0 bridgehead atoms. The van der Waals surface area contributed by atoms with Gasteiger partial charge >= 0.3 is 0 Å². The minimum absolute atomic E-state index is 0.0886. The molecule has 0 heterocycles. The molecule has 1 fully saturated rings. The summed E-state index contributed by atoms with van der Waals surface area (Å²) < 4.78 is 0. The second-order valence-electron chi connectivity index (χ2n) is 4.69. The van der Waals surface area contributed by atoms with Gasteiger partial charge in [0, 0.05) is 18.7 Å². The maximum absolute atomic E-state index is 12.2. The normalized spacial score (nSPS) is 16.1. The van der Waals surface area contributed by atoms with Crippen LogP contribution in [0.2, 0.25) is 0 Å². The van der Waals surface area contributed by atoms with Gasteiger partial charge in [-0.25, -0.2) is 0 Å². The Morgan fingerprint density at radius 1 is 1.53 bits per heavy atom. The standard InChI is InChI=1S/C14H16N2O/c1-10(12-6-7-12)14(17)16(2)13-5-3-4-11(8-13)9-15/h3-5,8,10,12H,6-7H2,1-2H3. The summed E-state index contributed by atoms with van der Waals surface area (Å²) in [5.74, 6) is 0.789. The molecular formula is C14H16N2O. The highest BCUT2D eigenvalue weighted by molar-refractivity contribution is 5.94. The molecule has 1 unspecified atom stereocenters. The Morgan fingerprint density at radius 3 is 2.82 bits per heavy atom. The van der Waals surface area contributed by atoms with Crippen LogP contribution in [0.15, 0.2) is 24.3 Å². The van der Waals surface area contributed by atoms with E-state index in [1.807, 2.05) is 13.0 Å². The van der Waals surface area contributed by atoms with Gasteiger partial charge in [-0.3, -0.25) is 4.79 Å². The summed E-state index contributed by atoms with van der Waals surface area (Å²) in [6.45, 7) is 1.99. The van der Waals surface area contributed by atoms with Crippen LogP contribution in [0, 0.1) is 23.2 Å². The van der Waals surface area contributed by atoms with Gasteiger partial charge in [-0.2, -0.15) is 5.26 Å². The summed E-state index contributed by atoms with van der Waals surface area (Å²) in [5, 5.41) is 8.84. The third kappa shape index (κ3) is 2.47. The lowest BCUT2D eigenvalue weighted by atomic mass is 10.0. The summed E-state index contributed by atoms with van der Waals surface area (Å²) in [6.07, 6.45) is 2.33. The van der Waals surface area contributed by atoms with Gasteiger partial charge in [0.2, 0.25) is 5.91 Å². The average molecular weight is 228 g/mol. The maximum Gasteiger partial charge on any atom is 0.229 e. The molecule has 0 radical (unpaired) electrons. The fraction of sp³-hybridized carbons (Fsp3) is 0.429. The van der Waals surface area contributed by atoms with Crippen LogP contribution >= 0.6 is 0 Å². The number of hydrogen-bond acceptors (Lipinski definition) is 2. The number of carbonyl (C=O) groups excluding carboxylic acids is 1. The lowest BCUT2D eigenvalue weighted by Gasteiger charge is -2.21. The monoisotopic (exact) mass is 228 g/mol. The van der Waals surface area contributed by atoms with Crippen LogP contribution in [0.25, 0.3) is 0 Å². The van der Waals surface area contributed by atoms with E-state index in [9.17, 15) is 4.79 Å². The van der Waals surface area contributed by atoms with Crippen LogP contribution < -0.4 is 4.90 Å². The molecule has 0 spiro atoms. The van der Waals surface area contributed by atoms with E-state index >= 15 is 0 Å². The predicted octanol–water partition coefficient (Wildman–Crippen LogP) is 2.57. The SMILES string of the molecule is CC(C(=O)N(C)c1cccc(C#N)c1)C1CC1. The number of carbonyl (C=O) groups is 1. The molecule has 1 aromatic carbocycles. The molecular weight excluding hydrogens is 212 g/mol. The third-order valence-electron chi connectivity index (χ3n) is 3.41. The van der Waals surface area contributed by atoms with Crippen LogP contribution in [0.5, 0.6) is 0 Å². The van der Waals surface area contributed by atoms with Gasteiger partial charge in [0.25, 0.3) is 0 Å². The largest absolute Gasteiger partial charge is 0.315 e. The Balaban J connectivity index is 2.15. The van der Waals surface area contributed by atoms with Crippen molar-refractivity contribution in [3.63, 3.8) is 0 Å². The van der Waals surface area contributed by atoms with Crippen molar-refractivity contribution >= 4 is 11.6 Å². The van der Waals surface area contributed by atoms with E-state index in [1.54, 1.807) is 30.1 Å². The number of hydrogen-bond donors (Lipinski definition) is 0. The number of amides is 1. The van der Waals surface area contributed by atoms with Gasteiger partial charge in [0.05, 0.1) is 11.6 Å². The predicted molar refractivity (Wildman–Crippen MR) is 66.5 cm³/mol. The van der Waals surface area contributed by atoms with Crippen LogP contribution in [-0.2, 0) is 4.79 Å². The smallest absolute Gasteiger partial charge is 0.229 e. The van der Waals surface area contributed by atoms with E-state index in [0.717, 1.165) is 5.69 Å². The molecule has 17 heavy (non-hydrogen) atoms. The molecule has 88 valence electrons. The van der Waals surface area contributed by atoms with Crippen molar-refractivity contribution in [2.75, 3.05) is 11.9 Å². The lowest BCUT2D eigenvalue weighted by Crippen LogP contribution is -2.32. The van der Waals surface area contributed by atoms with Gasteiger partial charge in [-0.15, -0.1) is 0 Å². The second kappa shape index (κ2) is 4.58. The molecule has 1 aliphatic carbocycles. The van der Waals surface area contributed by atoms with Crippen molar-refractivity contribution in [2.24, 2.45) is 11.8 Å². The summed E-state index contributed by atoms with van der Waals surface area (Å²) in [7, 11) is 1.78. The molecule has 3 nitrogen and oxygen atoms in total. The quantitative estimate of drug-likeness (QED) is 0.798. The van der Waals surface area contributed by atoms with Gasteiger partial charge < -0.3 is 4.90 Å². The van der Waals surface area contributed by atoms with Crippen LogP contribution in [-0.4, -0.2) is 13.0 Å². The Hall–Kier alpha value is -1.82. The summed E-state index contributed by atoms with van der Waals surface area (Å²) in [4.78, 5) is 13.8. The highest BCUT2D eigenvalue weighted by Gasteiger charge is 2.34. The minimum atomic E-state index is 0.0886. The van der Waals surface area contributed by atoms with Gasteiger partial charge in [0.15, 0.2) is 0 Å². The molecule has 0 aliphatic heterocycles. The topological polar surface area (TPSA) is 44.1 Å². The van der Waals surface area contributed by atoms with E-state index in [-0.39, 0.29) is 11.8 Å². The number of nitrogens with zero attached hydrogens (tertiary/aromatic N) is 2. The van der Waals surface area contributed by atoms with Gasteiger partial charge in [0.1, 0.15) is 0 Å². The zero-order valence-corrected chi connectivity index (χ0v) is 10.2. The fourth-order valence-corrected chi connectivity index (χ4v) is 2.01. The molecule has 1 aromatic rings. The van der Waals surface area contributed by atoms with Crippen molar-refractivity contribution in [1.82, 2.24) is 0 Å². The Labute approximate surface area is 102 Å². The zero-order chi connectivity index (χ0) is 12.4. The van der Waals surface area contributed by atoms with E-state index < -0.39 is 0 Å². The summed E-state index contributed by atoms with van der Waals surface area (Å²) in [6, 6.07) is 9.24. The molecule has 1 amide bonds. The molecule has 1 atom stereocenters. The molecule has 2 rings (SSSR count). The Kier molecular flexibility index (Phi) is 3.14. The highest BCUT2D eigenvalue weighted by Crippen LogP contribution is 2.37. The number of benzene rings is 1. The molecule has 0 N–H and O–H groups in total. The van der Waals surface area contributed by atoms with E-state index in [1.165, 1.54) is 12.8 Å². The molecule has 1 saturated carbocycles. The van der Waals surface area contributed by atoms with E-state index in [2.05, 4.69) is 6.07 Å². The molecule has 3 heteroatoms. The van der Waals surface area contributed by atoms with Crippen molar-refractivity contribution in [2.45, 2.75) is 19.8 Å². The first-order chi connectivity index (χ1) is 8.13. The minimum Gasteiger partial charge on any atom is -0.315 e. The third-order valence-corrected chi connectivity index (χ3v) is 3.41. The molecule has 1 aliphatic rings. The van der Waals surface area contributed by atoms with Crippen LogP contribution in [0.4, 0.5) is 5.69 Å². The van der Waals surface area contributed by atoms with Gasteiger partial charge in [-0.1, -0.05) is 13.0 Å². The first kappa shape index (κ1) is 11.7. The lowest BCUT2D eigenvalue weighted by molar-refractivity contribution is -0.122. The van der Waals surface area contributed by atoms with E-state index in [0.29, 0.717) is 11.5 Å². The molecule has 0 aromatic heterocycles. The first-order valence-corrected chi connectivity index (χ1v) is 5.91. The number of rotatable bonds is 3. The van der Waals surface area contributed by atoms with Crippen molar-refractivity contribution in [1.29, 1.82) is 5.26 Å². The highest BCUT2D eigenvalue weighted by atomic mass is 16.2. The van der Waals surface area contributed by atoms with E-state index in [4.69, 9.17) is 5.26 Å². The van der Waals surface area contributed by atoms with Crippen LogP contribution in [0.3, 0.4) is 0 Å². The number of nitriles is 1. The van der Waals surface area contributed by atoms with Crippen LogP contribution in [0.1, 0.15) is 25.3 Å². The number of anilines is 1. The fourth-order valence-electron chi connectivity index (χ4n) is 2.01. The summed E-state index contributed by atoms with van der Waals surface area (Å²) in [5.41, 5.74) is 1.38. The average Bonchev–Trinajstić information content (AvgIpc) is 3.20. The molecule has 0 saturated heterocycles. The van der Waals surface area contributed by atoms with Crippen molar-refractivity contribution in [3.8, 4) is 6.07 Å². The maximum atomic E-state index is 12.2. The Morgan fingerprint density at radius 2 is 2.24 bits per heavy atom.